The third-order valence-electron chi connectivity index (χ3n) is 6.51. The van der Waals surface area contributed by atoms with E-state index in [0.29, 0.717) is 13.1 Å². The van der Waals surface area contributed by atoms with E-state index in [1.807, 2.05) is 58.9 Å². The third kappa shape index (κ3) is 8.23. The molecule has 0 fully saturated rings. The van der Waals surface area contributed by atoms with Crippen LogP contribution in [0.3, 0.4) is 0 Å². The standard InChI is InChI=1S/C32H44N4O2/c1-5-17-35(18-6-2)31(37)29-11-9-21-33(25-29)23-27-13-15-28(16-14-27)24-34-22-10-12-30(26-34)32(38)36(19-7-3)20-8-4/h9-16,21-22,25-26H,5-8,17-20,23-24H2,1-4H3/q+2. The normalized spacial score (nSPS) is 10.8. The zero-order valence-corrected chi connectivity index (χ0v) is 23.6. The van der Waals surface area contributed by atoms with E-state index in [-0.39, 0.29) is 11.8 Å². The number of nitrogens with zero attached hydrogens (tertiary/aromatic N) is 4. The average molecular weight is 517 g/mol. The predicted octanol–water partition coefficient (Wildman–Crippen LogP) is 4.88. The Morgan fingerprint density at radius 2 is 0.921 bits per heavy atom. The summed E-state index contributed by atoms with van der Waals surface area (Å²) >= 11 is 0. The van der Waals surface area contributed by atoms with Gasteiger partial charge in [0, 0.05) is 49.4 Å². The smallest absolute Gasteiger partial charge is 0.259 e. The van der Waals surface area contributed by atoms with E-state index in [1.54, 1.807) is 0 Å². The van der Waals surface area contributed by atoms with E-state index in [0.717, 1.165) is 63.0 Å². The summed E-state index contributed by atoms with van der Waals surface area (Å²) in [4.78, 5) is 29.9. The van der Waals surface area contributed by atoms with Crippen LogP contribution < -0.4 is 9.13 Å². The summed E-state index contributed by atoms with van der Waals surface area (Å²) in [5.74, 6) is 0.201. The van der Waals surface area contributed by atoms with Crippen molar-refractivity contribution in [2.75, 3.05) is 26.2 Å². The van der Waals surface area contributed by atoms with Crippen molar-refractivity contribution in [3.63, 3.8) is 0 Å². The van der Waals surface area contributed by atoms with Gasteiger partial charge in [-0.05, 0) is 37.8 Å². The van der Waals surface area contributed by atoms with Gasteiger partial charge in [0.2, 0.25) is 0 Å². The highest BCUT2D eigenvalue weighted by molar-refractivity contribution is 5.94. The van der Waals surface area contributed by atoms with Crippen LogP contribution in [0.1, 0.15) is 85.2 Å². The van der Waals surface area contributed by atoms with Crippen molar-refractivity contribution >= 4 is 11.8 Å². The SMILES string of the molecule is CCCN(CCC)C(=O)c1ccc[n+](Cc2ccc(C[n+]3cccc(C(=O)N(CCC)CCC)c3)cc2)c1. The van der Waals surface area contributed by atoms with Crippen LogP contribution >= 0.6 is 0 Å². The molecule has 0 aliphatic rings. The lowest BCUT2D eigenvalue weighted by molar-refractivity contribution is -0.689. The van der Waals surface area contributed by atoms with Gasteiger partial charge >= 0.3 is 0 Å². The number of amides is 2. The molecule has 2 heterocycles. The maximum Gasteiger partial charge on any atom is 0.259 e. The molecule has 202 valence electrons. The van der Waals surface area contributed by atoms with E-state index in [1.165, 1.54) is 11.1 Å². The summed E-state index contributed by atoms with van der Waals surface area (Å²) in [6, 6.07) is 16.2. The first-order chi connectivity index (χ1) is 18.5. The second-order valence-corrected chi connectivity index (χ2v) is 9.93. The second kappa shape index (κ2) is 15.0. The molecule has 0 saturated heterocycles. The molecular formula is C32H44N4O2+2. The lowest BCUT2D eigenvalue weighted by Gasteiger charge is -2.20. The van der Waals surface area contributed by atoms with Crippen LogP contribution in [0.4, 0.5) is 0 Å². The summed E-state index contributed by atoms with van der Waals surface area (Å²) < 4.78 is 4.14. The van der Waals surface area contributed by atoms with Crippen LogP contribution in [0.5, 0.6) is 0 Å². The minimum atomic E-state index is 0.101. The Labute approximate surface area is 228 Å². The fourth-order valence-electron chi connectivity index (χ4n) is 4.74. The monoisotopic (exact) mass is 516 g/mol. The number of carbonyl (C=O) groups excluding carboxylic acids is 2. The van der Waals surface area contributed by atoms with Gasteiger partial charge in [0.1, 0.15) is 11.1 Å². The molecule has 0 saturated carbocycles. The number of hydrogen-bond acceptors (Lipinski definition) is 2. The predicted molar refractivity (Wildman–Crippen MR) is 151 cm³/mol. The molecule has 0 aliphatic heterocycles. The first kappa shape index (κ1) is 29.0. The second-order valence-electron chi connectivity index (χ2n) is 9.93. The van der Waals surface area contributed by atoms with Crippen molar-refractivity contribution in [2.45, 2.75) is 66.5 Å². The highest BCUT2D eigenvalue weighted by atomic mass is 16.2. The van der Waals surface area contributed by atoms with Gasteiger partial charge in [0.15, 0.2) is 37.9 Å². The van der Waals surface area contributed by atoms with Gasteiger partial charge in [-0.3, -0.25) is 9.59 Å². The molecule has 3 aromatic rings. The van der Waals surface area contributed by atoms with E-state index in [9.17, 15) is 9.59 Å². The highest BCUT2D eigenvalue weighted by Crippen LogP contribution is 2.09. The molecule has 0 radical (unpaired) electrons. The Hall–Kier alpha value is -3.54. The molecule has 0 unspecified atom stereocenters. The number of carbonyl (C=O) groups is 2. The Balaban J connectivity index is 1.66. The first-order valence-corrected chi connectivity index (χ1v) is 14.1. The van der Waals surface area contributed by atoms with Gasteiger partial charge in [-0.15, -0.1) is 0 Å². The first-order valence-electron chi connectivity index (χ1n) is 14.1. The minimum absolute atomic E-state index is 0.101. The van der Waals surface area contributed by atoms with Crippen molar-refractivity contribution in [2.24, 2.45) is 0 Å². The Bertz CT molecular complexity index is 1070. The lowest BCUT2D eigenvalue weighted by atomic mass is 10.1. The largest absolute Gasteiger partial charge is 0.338 e. The van der Waals surface area contributed by atoms with Crippen LogP contribution in [-0.4, -0.2) is 47.8 Å². The van der Waals surface area contributed by atoms with E-state index < -0.39 is 0 Å². The van der Waals surface area contributed by atoms with E-state index in [2.05, 4.69) is 61.1 Å². The molecular weight excluding hydrogens is 472 g/mol. The number of rotatable bonds is 14. The van der Waals surface area contributed by atoms with Crippen molar-refractivity contribution in [1.82, 2.24) is 9.80 Å². The van der Waals surface area contributed by atoms with Crippen LogP contribution in [0, 0.1) is 0 Å². The van der Waals surface area contributed by atoms with Gasteiger partial charge in [0.25, 0.3) is 11.8 Å². The van der Waals surface area contributed by atoms with Crippen LogP contribution in [0.25, 0.3) is 0 Å². The van der Waals surface area contributed by atoms with E-state index in [4.69, 9.17) is 0 Å². The molecule has 6 nitrogen and oxygen atoms in total. The molecule has 0 aliphatic carbocycles. The van der Waals surface area contributed by atoms with Crippen molar-refractivity contribution in [3.8, 4) is 0 Å². The molecule has 2 aromatic heterocycles. The summed E-state index contributed by atoms with van der Waals surface area (Å²) in [6.07, 6.45) is 11.8. The Morgan fingerprint density at radius 3 is 1.24 bits per heavy atom. The molecule has 6 heteroatoms. The number of hydrogen-bond donors (Lipinski definition) is 0. The molecule has 0 spiro atoms. The summed E-state index contributed by atoms with van der Waals surface area (Å²) in [6.45, 7) is 13.0. The quantitative estimate of drug-likeness (QED) is 0.287. The molecule has 2 amide bonds. The van der Waals surface area contributed by atoms with Gasteiger partial charge in [-0.2, -0.15) is 9.13 Å². The average Bonchev–Trinajstić information content (AvgIpc) is 2.93. The van der Waals surface area contributed by atoms with Crippen LogP contribution in [-0.2, 0) is 13.1 Å². The molecule has 1 aromatic carbocycles. The van der Waals surface area contributed by atoms with Crippen molar-refractivity contribution in [1.29, 1.82) is 0 Å². The van der Waals surface area contributed by atoms with E-state index >= 15 is 0 Å². The minimum Gasteiger partial charge on any atom is -0.338 e. The molecule has 3 rings (SSSR count). The number of pyridine rings is 2. The van der Waals surface area contributed by atoms with Gasteiger partial charge < -0.3 is 9.80 Å². The fraction of sp³-hybridized carbons (Fsp3) is 0.438. The maximum atomic E-state index is 13.0. The van der Waals surface area contributed by atoms with Gasteiger partial charge in [0.05, 0.1) is 0 Å². The van der Waals surface area contributed by atoms with Crippen LogP contribution in [0.15, 0.2) is 73.3 Å². The third-order valence-corrected chi connectivity index (χ3v) is 6.51. The zero-order chi connectivity index (χ0) is 27.3. The number of benzene rings is 1. The molecule has 0 N–H and O–H groups in total. The Morgan fingerprint density at radius 1 is 0.579 bits per heavy atom. The van der Waals surface area contributed by atoms with Crippen LogP contribution in [0.2, 0.25) is 0 Å². The Kier molecular flexibility index (Phi) is 11.5. The highest BCUT2D eigenvalue weighted by Gasteiger charge is 2.19. The maximum absolute atomic E-state index is 13.0. The fourth-order valence-corrected chi connectivity index (χ4v) is 4.74. The van der Waals surface area contributed by atoms with Crippen molar-refractivity contribution < 1.29 is 18.7 Å². The topological polar surface area (TPSA) is 48.4 Å². The molecule has 38 heavy (non-hydrogen) atoms. The molecule has 0 atom stereocenters. The van der Waals surface area contributed by atoms with Gasteiger partial charge in [-0.25, -0.2) is 0 Å². The van der Waals surface area contributed by atoms with Crippen molar-refractivity contribution in [3.05, 3.63) is 95.6 Å². The number of aromatic nitrogens is 2. The summed E-state index contributed by atoms with van der Waals surface area (Å²) in [7, 11) is 0. The van der Waals surface area contributed by atoms with Gasteiger partial charge in [-0.1, -0.05) is 52.0 Å². The summed E-state index contributed by atoms with van der Waals surface area (Å²) in [5.41, 5.74) is 3.80. The summed E-state index contributed by atoms with van der Waals surface area (Å²) in [5, 5.41) is 0. The lowest BCUT2D eigenvalue weighted by Crippen LogP contribution is -2.38. The zero-order valence-electron chi connectivity index (χ0n) is 23.6. The molecule has 0 bridgehead atoms.